The van der Waals surface area contributed by atoms with E-state index in [-0.39, 0.29) is 35.9 Å². The molecule has 2 aromatic rings. The molecule has 1 aliphatic heterocycles. The van der Waals surface area contributed by atoms with Gasteiger partial charge in [0.05, 0.1) is 35.7 Å². The number of carbonyl (C=O) groups is 4. The number of thiazole rings is 1. The number of nitrogens with one attached hydrogen (secondary N) is 3. The van der Waals surface area contributed by atoms with Crippen molar-refractivity contribution in [2.45, 2.75) is 56.3 Å². The highest BCUT2D eigenvalue weighted by molar-refractivity contribution is 7.77. The third-order valence-electron chi connectivity index (χ3n) is 6.95. The maximum Gasteiger partial charge on any atom is 0.350 e. The van der Waals surface area contributed by atoms with Crippen molar-refractivity contribution in [3.8, 4) is 5.75 Å². The van der Waals surface area contributed by atoms with E-state index in [0.717, 1.165) is 30.0 Å². The first kappa shape index (κ1) is 32.2. The van der Waals surface area contributed by atoms with Crippen LogP contribution >= 0.6 is 11.3 Å². The number of carbonyl (C=O) groups excluding carboxylic acids is 3. The fourth-order valence-corrected chi connectivity index (χ4v) is 5.81. The van der Waals surface area contributed by atoms with Crippen LogP contribution in [-0.4, -0.2) is 92.0 Å². The fourth-order valence-electron chi connectivity index (χ4n) is 4.59. The number of oxime groups is 1. The summed E-state index contributed by atoms with van der Waals surface area (Å²) >= 11 is -2.11. The standard InChI is InChI=1S/C23H28N8O11S2/c24-21-27-12(10-43-21)16(29-42-23(20(36)37)4-2-1-3-5-23)18(34)28-17-13(31(19(17)35)44(40)41)8-26-22(38)25-7-11-6-14(32)15(33)9-30(11)39/h6,9-10,13,17,33,39H,1-5,7-8H2,(H2,24,27)(H,28,34)(H,36,37)(H,40,41)(H2,25,26,38)/p-1. The second-order valence-electron chi connectivity index (χ2n) is 9.78. The van der Waals surface area contributed by atoms with Crippen molar-refractivity contribution in [2.75, 3.05) is 12.3 Å². The minimum absolute atomic E-state index is 0.0531. The summed E-state index contributed by atoms with van der Waals surface area (Å²) in [5.41, 5.74) is 2.51. The van der Waals surface area contributed by atoms with Crippen molar-refractivity contribution in [2.24, 2.45) is 5.16 Å². The zero-order valence-corrected chi connectivity index (χ0v) is 24.3. The van der Waals surface area contributed by atoms with Gasteiger partial charge in [-0.3, -0.25) is 22.9 Å². The lowest BCUT2D eigenvalue weighted by Crippen LogP contribution is -2.74. The number of hydrogen-bond acceptors (Lipinski definition) is 14. The number of amides is 4. The van der Waals surface area contributed by atoms with E-state index in [9.17, 15) is 48.2 Å². The predicted molar refractivity (Wildman–Crippen MR) is 149 cm³/mol. The molecule has 4 amide bonds. The lowest BCUT2D eigenvalue weighted by atomic mass is 9.85. The van der Waals surface area contributed by atoms with Crippen molar-refractivity contribution in [3.63, 3.8) is 0 Å². The Kier molecular flexibility index (Phi) is 9.69. The van der Waals surface area contributed by atoms with Gasteiger partial charge in [-0.15, -0.1) is 11.3 Å². The van der Waals surface area contributed by atoms with Gasteiger partial charge in [0.2, 0.25) is 11.0 Å². The number of pyridine rings is 1. The van der Waals surface area contributed by atoms with Crippen LogP contribution in [0.1, 0.15) is 43.5 Å². The Morgan fingerprint density at radius 2 is 1.95 bits per heavy atom. The Labute approximate surface area is 254 Å². The summed E-state index contributed by atoms with van der Waals surface area (Å²) in [5.74, 6) is -4.07. The van der Waals surface area contributed by atoms with Crippen molar-refractivity contribution in [1.82, 2.24) is 30.0 Å². The molecule has 3 unspecified atom stereocenters. The first-order valence-corrected chi connectivity index (χ1v) is 14.8. The summed E-state index contributed by atoms with van der Waals surface area (Å²) < 4.78 is 24.2. The third kappa shape index (κ3) is 6.89. The predicted octanol–water partition coefficient (Wildman–Crippen LogP) is -1.67. The number of β-lactam (4-membered cyclic amide) rings is 1. The Balaban J connectivity index is 1.46. The Hall–Kier alpha value is -4.76. The minimum Gasteiger partial charge on any atom is -0.755 e. The van der Waals surface area contributed by atoms with E-state index in [1.807, 2.05) is 0 Å². The number of aromatic nitrogens is 2. The highest BCUT2D eigenvalue weighted by Crippen LogP contribution is 2.32. The topological polar surface area (TPSA) is 291 Å². The minimum atomic E-state index is -3.07. The first-order chi connectivity index (χ1) is 20.8. The SMILES string of the molecule is Nc1nc(C(=NOC2(C(=O)O)CCCCC2)C(=O)NC2C(=O)N(S(=O)[O-])C2CNC(=O)NCc2cc(=O)c(O)cn2O)cs1. The molecule has 1 saturated heterocycles. The van der Waals surface area contributed by atoms with Gasteiger partial charge in [-0.05, 0) is 12.8 Å². The number of carboxylic acid groups (broad SMARTS) is 1. The Morgan fingerprint density at radius 1 is 1.25 bits per heavy atom. The summed E-state index contributed by atoms with van der Waals surface area (Å²) in [4.78, 5) is 71.3. The highest BCUT2D eigenvalue weighted by Gasteiger charge is 2.50. The summed E-state index contributed by atoms with van der Waals surface area (Å²) in [6, 6.07) is -2.78. The van der Waals surface area contributed by atoms with Gasteiger partial charge in [0, 0.05) is 30.8 Å². The van der Waals surface area contributed by atoms with Crippen LogP contribution in [0.25, 0.3) is 0 Å². The van der Waals surface area contributed by atoms with Gasteiger partial charge in [0.15, 0.2) is 16.6 Å². The van der Waals surface area contributed by atoms with Crippen LogP contribution in [0, 0.1) is 0 Å². The maximum absolute atomic E-state index is 13.3. The van der Waals surface area contributed by atoms with E-state index in [4.69, 9.17) is 10.6 Å². The van der Waals surface area contributed by atoms with Crippen LogP contribution in [0.5, 0.6) is 5.75 Å². The van der Waals surface area contributed by atoms with Crippen LogP contribution < -0.4 is 27.1 Å². The van der Waals surface area contributed by atoms with Gasteiger partial charge < -0.3 is 46.5 Å². The van der Waals surface area contributed by atoms with E-state index in [2.05, 4.69) is 26.1 Å². The molecule has 0 aromatic carbocycles. The molecule has 2 fully saturated rings. The summed E-state index contributed by atoms with van der Waals surface area (Å²) in [6.45, 7) is -0.861. The number of hydrogen-bond donors (Lipinski definition) is 7. The average molecular weight is 656 g/mol. The highest BCUT2D eigenvalue weighted by atomic mass is 32.2. The fraction of sp³-hybridized carbons (Fsp3) is 0.435. The largest absolute Gasteiger partial charge is 0.755 e. The van der Waals surface area contributed by atoms with Crippen LogP contribution in [-0.2, 0) is 37.0 Å². The smallest absolute Gasteiger partial charge is 0.350 e. The molecule has 8 N–H and O–H groups in total. The zero-order valence-electron chi connectivity index (χ0n) is 22.6. The second-order valence-corrected chi connectivity index (χ2v) is 11.5. The molecule has 2 aliphatic rings. The molecule has 3 atom stereocenters. The monoisotopic (exact) mass is 655 g/mol. The third-order valence-corrected chi connectivity index (χ3v) is 8.40. The summed E-state index contributed by atoms with van der Waals surface area (Å²) in [7, 11) is 0. The lowest BCUT2D eigenvalue weighted by molar-refractivity contribution is -0.171. The molecular formula is C23H27N8O11S2-. The van der Waals surface area contributed by atoms with Crippen LogP contribution in [0.2, 0.25) is 0 Å². The van der Waals surface area contributed by atoms with E-state index in [1.54, 1.807) is 0 Å². The molecular weight excluding hydrogens is 628 g/mol. The second kappa shape index (κ2) is 13.3. The number of carboxylic acids is 1. The van der Waals surface area contributed by atoms with E-state index in [1.165, 1.54) is 5.38 Å². The van der Waals surface area contributed by atoms with Crippen LogP contribution in [0.4, 0.5) is 9.93 Å². The quantitative estimate of drug-likeness (QED) is 0.0469. The van der Waals surface area contributed by atoms with E-state index in [0.29, 0.717) is 21.9 Å². The molecule has 2 aromatic heterocycles. The number of nitrogens with zero attached hydrogens (tertiary/aromatic N) is 4. The van der Waals surface area contributed by atoms with Crippen molar-refractivity contribution in [3.05, 3.63) is 39.3 Å². The number of nitrogens with two attached hydrogens (primary N) is 1. The van der Waals surface area contributed by atoms with Crippen LogP contribution in [0.3, 0.4) is 0 Å². The van der Waals surface area contributed by atoms with Crippen molar-refractivity contribution in [1.29, 1.82) is 0 Å². The normalized spacial score (nSPS) is 20.2. The average Bonchev–Trinajstić information content (AvgIpc) is 3.40. The molecule has 3 heterocycles. The van der Waals surface area contributed by atoms with Gasteiger partial charge in [-0.1, -0.05) is 11.6 Å². The molecule has 1 aliphatic carbocycles. The first-order valence-electron chi connectivity index (χ1n) is 12.9. The molecule has 238 valence electrons. The van der Waals surface area contributed by atoms with Gasteiger partial charge in [-0.25, -0.2) is 14.6 Å². The van der Waals surface area contributed by atoms with Gasteiger partial charge in [-0.2, -0.15) is 4.73 Å². The Morgan fingerprint density at radius 3 is 2.57 bits per heavy atom. The number of aliphatic carboxylic acids is 1. The number of urea groups is 1. The Bertz CT molecular complexity index is 1570. The number of aromatic hydroxyl groups is 1. The molecule has 0 spiro atoms. The van der Waals surface area contributed by atoms with Crippen LogP contribution in [0.15, 0.2) is 27.6 Å². The maximum atomic E-state index is 13.3. The number of anilines is 1. The summed E-state index contributed by atoms with van der Waals surface area (Å²) in [5, 5.41) is 41.1. The summed E-state index contributed by atoms with van der Waals surface area (Å²) in [6.07, 6.45) is 2.93. The molecule has 44 heavy (non-hydrogen) atoms. The molecule has 0 bridgehead atoms. The molecule has 21 heteroatoms. The zero-order chi connectivity index (χ0) is 32.2. The molecule has 4 rings (SSSR count). The number of rotatable bonds is 11. The van der Waals surface area contributed by atoms with Gasteiger partial charge in [0.1, 0.15) is 11.7 Å². The van der Waals surface area contributed by atoms with Gasteiger partial charge >= 0.3 is 12.0 Å². The van der Waals surface area contributed by atoms with E-state index < -0.39 is 76.2 Å². The van der Waals surface area contributed by atoms with Crippen molar-refractivity contribution >= 4 is 57.3 Å². The molecule has 1 saturated carbocycles. The van der Waals surface area contributed by atoms with E-state index >= 15 is 0 Å². The molecule has 0 radical (unpaired) electrons. The molecule has 19 nitrogen and oxygen atoms in total. The van der Waals surface area contributed by atoms with Gasteiger partial charge in [0.25, 0.3) is 11.8 Å². The number of nitrogen functional groups attached to an aromatic ring is 1. The van der Waals surface area contributed by atoms with Crippen molar-refractivity contribution < 1.29 is 48.2 Å². The lowest BCUT2D eigenvalue weighted by Gasteiger charge is -2.47.